The monoisotopic (exact) mass is 207 g/mol. The van der Waals surface area contributed by atoms with Crippen LogP contribution in [-0.4, -0.2) is 17.6 Å². The van der Waals surface area contributed by atoms with Crippen LogP contribution in [0, 0.1) is 19.8 Å². The van der Waals surface area contributed by atoms with Gasteiger partial charge in [-0.2, -0.15) is 0 Å². The van der Waals surface area contributed by atoms with Crippen LogP contribution < -0.4 is 5.32 Å². The molecule has 0 spiro atoms. The summed E-state index contributed by atoms with van der Waals surface area (Å²) in [6.45, 7) is 6.19. The average molecular weight is 207 g/mol. The van der Waals surface area contributed by atoms with Crippen molar-refractivity contribution >= 4 is 11.7 Å². The van der Waals surface area contributed by atoms with Crippen LogP contribution in [0.3, 0.4) is 0 Å². The molecule has 3 heteroatoms. The van der Waals surface area contributed by atoms with Crippen molar-refractivity contribution < 1.29 is 9.90 Å². The lowest BCUT2D eigenvalue weighted by Crippen LogP contribution is -2.20. The molecule has 1 unspecified atom stereocenters. The zero-order chi connectivity index (χ0) is 11.4. The molecule has 0 aliphatic carbocycles. The standard InChI is InChI=1S/C12H17NO2/c1-8-5-4-6-9(2)11(8)13-7-10(3)12(14)15/h4-6,10,13H,7H2,1-3H3,(H,14,15). The van der Waals surface area contributed by atoms with Crippen LogP contribution in [-0.2, 0) is 4.79 Å². The predicted molar refractivity (Wildman–Crippen MR) is 61.2 cm³/mol. The Hall–Kier alpha value is -1.51. The molecule has 3 nitrogen and oxygen atoms in total. The first-order chi connectivity index (χ1) is 7.02. The summed E-state index contributed by atoms with van der Waals surface area (Å²) >= 11 is 0. The van der Waals surface area contributed by atoms with Crippen LogP contribution in [0.4, 0.5) is 5.69 Å². The van der Waals surface area contributed by atoms with Crippen molar-refractivity contribution in [3.63, 3.8) is 0 Å². The largest absolute Gasteiger partial charge is 0.481 e. The number of para-hydroxylation sites is 1. The summed E-state index contributed by atoms with van der Waals surface area (Å²) in [5.74, 6) is -1.14. The second kappa shape index (κ2) is 4.82. The van der Waals surface area contributed by atoms with E-state index in [1.165, 1.54) is 0 Å². The molecule has 0 bridgehead atoms. The van der Waals surface area contributed by atoms with E-state index in [2.05, 4.69) is 5.32 Å². The zero-order valence-electron chi connectivity index (χ0n) is 9.37. The number of aliphatic carboxylic acids is 1. The molecule has 82 valence electrons. The minimum Gasteiger partial charge on any atom is -0.481 e. The fourth-order valence-corrected chi connectivity index (χ4v) is 1.44. The number of nitrogens with one attached hydrogen (secondary N) is 1. The van der Waals surface area contributed by atoms with Gasteiger partial charge in [-0.15, -0.1) is 0 Å². The second-order valence-electron chi connectivity index (χ2n) is 3.89. The van der Waals surface area contributed by atoms with Gasteiger partial charge in [0.15, 0.2) is 0 Å². The van der Waals surface area contributed by atoms with Gasteiger partial charge in [0, 0.05) is 12.2 Å². The maximum Gasteiger partial charge on any atom is 0.308 e. The summed E-state index contributed by atoms with van der Waals surface area (Å²) in [4.78, 5) is 10.7. The van der Waals surface area contributed by atoms with Gasteiger partial charge in [0.1, 0.15) is 0 Å². The minimum atomic E-state index is -0.770. The lowest BCUT2D eigenvalue weighted by molar-refractivity contribution is -0.140. The molecule has 0 heterocycles. The molecule has 0 saturated heterocycles. The van der Waals surface area contributed by atoms with E-state index in [0.717, 1.165) is 16.8 Å². The highest BCUT2D eigenvalue weighted by Gasteiger charge is 2.11. The van der Waals surface area contributed by atoms with Crippen LogP contribution >= 0.6 is 0 Å². The first-order valence-electron chi connectivity index (χ1n) is 5.05. The van der Waals surface area contributed by atoms with Gasteiger partial charge < -0.3 is 10.4 Å². The van der Waals surface area contributed by atoms with Crippen molar-refractivity contribution in [3.05, 3.63) is 29.3 Å². The molecule has 15 heavy (non-hydrogen) atoms. The maximum absolute atomic E-state index is 10.7. The fourth-order valence-electron chi connectivity index (χ4n) is 1.44. The van der Waals surface area contributed by atoms with E-state index in [9.17, 15) is 4.79 Å². The lowest BCUT2D eigenvalue weighted by atomic mass is 10.1. The summed E-state index contributed by atoms with van der Waals surface area (Å²) in [6.07, 6.45) is 0. The average Bonchev–Trinajstić information content (AvgIpc) is 2.16. The number of benzene rings is 1. The molecule has 0 fully saturated rings. The van der Waals surface area contributed by atoms with Gasteiger partial charge in [0.2, 0.25) is 0 Å². The summed E-state index contributed by atoms with van der Waals surface area (Å²) < 4.78 is 0. The second-order valence-corrected chi connectivity index (χ2v) is 3.89. The van der Waals surface area contributed by atoms with Crippen molar-refractivity contribution in [3.8, 4) is 0 Å². The van der Waals surface area contributed by atoms with Gasteiger partial charge in [-0.25, -0.2) is 0 Å². The van der Waals surface area contributed by atoms with E-state index in [-0.39, 0.29) is 5.92 Å². The Labute approximate surface area is 90.1 Å². The van der Waals surface area contributed by atoms with Gasteiger partial charge in [-0.3, -0.25) is 4.79 Å². The molecule has 0 saturated carbocycles. The number of carbonyl (C=O) groups is 1. The van der Waals surface area contributed by atoms with Crippen LogP contribution in [0.2, 0.25) is 0 Å². The summed E-state index contributed by atoms with van der Waals surface area (Å²) in [5.41, 5.74) is 3.34. The van der Waals surface area contributed by atoms with Crippen LogP contribution in [0.5, 0.6) is 0 Å². The van der Waals surface area contributed by atoms with E-state index < -0.39 is 5.97 Å². The molecule has 1 atom stereocenters. The molecule has 0 aromatic heterocycles. The molecule has 0 radical (unpaired) electrons. The normalized spacial score (nSPS) is 12.2. The predicted octanol–water partition coefficient (Wildman–Crippen LogP) is 2.44. The molecule has 1 rings (SSSR count). The highest BCUT2D eigenvalue weighted by molar-refractivity contribution is 5.70. The smallest absolute Gasteiger partial charge is 0.308 e. The molecule has 1 aromatic rings. The Balaban J connectivity index is 2.69. The van der Waals surface area contributed by atoms with Crippen molar-refractivity contribution in [1.82, 2.24) is 0 Å². The minimum absolute atomic E-state index is 0.371. The van der Waals surface area contributed by atoms with E-state index >= 15 is 0 Å². The molecule has 0 aliphatic heterocycles. The number of hydrogen-bond acceptors (Lipinski definition) is 2. The molecule has 1 aromatic carbocycles. The number of carboxylic acids is 1. The number of carboxylic acid groups (broad SMARTS) is 1. The van der Waals surface area contributed by atoms with Gasteiger partial charge in [0.05, 0.1) is 5.92 Å². The SMILES string of the molecule is Cc1cccc(C)c1NCC(C)C(=O)O. The van der Waals surface area contributed by atoms with Gasteiger partial charge in [-0.05, 0) is 25.0 Å². The molecule has 0 amide bonds. The van der Waals surface area contributed by atoms with Crippen LogP contribution in [0.25, 0.3) is 0 Å². The van der Waals surface area contributed by atoms with Gasteiger partial charge in [-0.1, -0.05) is 25.1 Å². The molecule has 0 aliphatic rings. The van der Waals surface area contributed by atoms with E-state index in [1.807, 2.05) is 32.0 Å². The molecular weight excluding hydrogens is 190 g/mol. The van der Waals surface area contributed by atoms with Gasteiger partial charge >= 0.3 is 5.97 Å². The Morgan fingerprint density at radius 2 is 1.93 bits per heavy atom. The summed E-state index contributed by atoms with van der Waals surface area (Å²) in [6, 6.07) is 6.03. The number of hydrogen-bond donors (Lipinski definition) is 2. The topological polar surface area (TPSA) is 49.3 Å². The highest BCUT2D eigenvalue weighted by Crippen LogP contribution is 2.19. The van der Waals surface area contributed by atoms with E-state index in [0.29, 0.717) is 6.54 Å². The van der Waals surface area contributed by atoms with Crippen molar-refractivity contribution in [2.24, 2.45) is 5.92 Å². The third-order valence-electron chi connectivity index (χ3n) is 2.49. The highest BCUT2D eigenvalue weighted by atomic mass is 16.4. The zero-order valence-corrected chi connectivity index (χ0v) is 9.37. The van der Waals surface area contributed by atoms with E-state index in [1.54, 1.807) is 6.92 Å². The summed E-state index contributed by atoms with van der Waals surface area (Å²) in [7, 11) is 0. The number of anilines is 1. The molecular formula is C12H17NO2. The maximum atomic E-state index is 10.7. The van der Waals surface area contributed by atoms with Crippen LogP contribution in [0.15, 0.2) is 18.2 Å². The van der Waals surface area contributed by atoms with Crippen molar-refractivity contribution in [2.45, 2.75) is 20.8 Å². The Morgan fingerprint density at radius 1 is 1.40 bits per heavy atom. The Bertz CT molecular complexity index is 340. The van der Waals surface area contributed by atoms with Crippen LogP contribution in [0.1, 0.15) is 18.1 Å². The number of aryl methyl sites for hydroxylation is 2. The fraction of sp³-hybridized carbons (Fsp3) is 0.417. The third-order valence-corrected chi connectivity index (χ3v) is 2.49. The lowest BCUT2D eigenvalue weighted by Gasteiger charge is -2.14. The Kier molecular flexibility index (Phi) is 3.72. The Morgan fingerprint density at radius 3 is 2.40 bits per heavy atom. The third kappa shape index (κ3) is 2.98. The van der Waals surface area contributed by atoms with Crippen molar-refractivity contribution in [1.29, 1.82) is 0 Å². The van der Waals surface area contributed by atoms with Crippen molar-refractivity contribution in [2.75, 3.05) is 11.9 Å². The first-order valence-corrected chi connectivity index (χ1v) is 5.05. The molecule has 2 N–H and O–H groups in total. The summed E-state index contributed by atoms with van der Waals surface area (Å²) in [5, 5.41) is 11.9. The van der Waals surface area contributed by atoms with E-state index in [4.69, 9.17) is 5.11 Å². The van der Waals surface area contributed by atoms with Gasteiger partial charge in [0.25, 0.3) is 0 Å². The first kappa shape index (κ1) is 11.6. The number of rotatable bonds is 4. The quantitative estimate of drug-likeness (QED) is 0.797.